The highest BCUT2D eigenvalue weighted by Gasteiger charge is 2.23. The summed E-state index contributed by atoms with van der Waals surface area (Å²) in [5, 5.41) is 10.6. The summed E-state index contributed by atoms with van der Waals surface area (Å²) in [5.74, 6) is 0. The number of aryl methyl sites for hydroxylation is 2. The molecule has 0 heterocycles. The van der Waals surface area contributed by atoms with E-state index < -0.39 is 5.60 Å². The van der Waals surface area contributed by atoms with Crippen molar-refractivity contribution >= 4 is 0 Å². The summed E-state index contributed by atoms with van der Waals surface area (Å²) >= 11 is 0. The van der Waals surface area contributed by atoms with Crippen molar-refractivity contribution in [3.05, 3.63) is 34.9 Å². The Labute approximate surface area is 111 Å². The fourth-order valence-corrected chi connectivity index (χ4v) is 2.93. The molecule has 1 aromatic rings. The van der Waals surface area contributed by atoms with Gasteiger partial charge in [-0.15, -0.1) is 0 Å². The number of aliphatic hydroxyl groups is 1. The quantitative estimate of drug-likeness (QED) is 0.766. The van der Waals surface area contributed by atoms with Crippen molar-refractivity contribution in [1.29, 1.82) is 0 Å². The zero-order valence-corrected chi connectivity index (χ0v) is 11.8. The summed E-state index contributed by atoms with van der Waals surface area (Å²) in [6.07, 6.45) is 9.43. The Morgan fingerprint density at radius 3 is 2.56 bits per heavy atom. The molecule has 1 aliphatic rings. The molecule has 1 nitrogen and oxygen atoms in total. The van der Waals surface area contributed by atoms with Crippen molar-refractivity contribution < 1.29 is 5.11 Å². The molecule has 0 saturated heterocycles. The molecule has 1 atom stereocenters. The van der Waals surface area contributed by atoms with Gasteiger partial charge in [-0.2, -0.15) is 0 Å². The third-order valence-corrected chi connectivity index (χ3v) is 4.24. The summed E-state index contributed by atoms with van der Waals surface area (Å²) in [6, 6.07) is 6.62. The molecule has 100 valence electrons. The average Bonchev–Trinajstić information content (AvgIpc) is 2.38. The molecule has 1 N–H and O–H groups in total. The normalized spacial score (nSPS) is 18.2. The second-order valence-corrected chi connectivity index (χ2v) is 5.92. The number of hydrogen-bond acceptors (Lipinski definition) is 1. The summed E-state index contributed by atoms with van der Waals surface area (Å²) in [5.41, 5.74) is 3.42. The predicted octanol–water partition coefficient (Wildman–Crippen LogP) is 4.35. The molecule has 0 bridgehead atoms. The van der Waals surface area contributed by atoms with E-state index in [9.17, 15) is 5.11 Å². The molecular weight excluding hydrogens is 220 g/mol. The number of fused-ring (bicyclic) bond motifs is 1. The van der Waals surface area contributed by atoms with E-state index in [1.54, 1.807) is 0 Å². The van der Waals surface area contributed by atoms with E-state index in [4.69, 9.17) is 0 Å². The van der Waals surface area contributed by atoms with Crippen molar-refractivity contribution in [2.45, 2.75) is 70.8 Å². The Kier molecular flexibility index (Phi) is 4.45. The zero-order valence-electron chi connectivity index (χ0n) is 11.8. The Hall–Kier alpha value is -0.820. The third-order valence-electron chi connectivity index (χ3n) is 4.24. The lowest BCUT2D eigenvalue weighted by molar-refractivity contribution is 0.0448. The van der Waals surface area contributed by atoms with E-state index >= 15 is 0 Å². The fraction of sp³-hybridized carbons (Fsp3) is 0.647. The van der Waals surface area contributed by atoms with Crippen LogP contribution in [0.4, 0.5) is 0 Å². The first-order chi connectivity index (χ1) is 8.63. The Morgan fingerprint density at radius 2 is 1.83 bits per heavy atom. The van der Waals surface area contributed by atoms with E-state index in [0.29, 0.717) is 0 Å². The molecule has 2 rings (SSSR count). The van der Waals surface area contributed by atoms with Crippen molar-refractivity contribution in [3.63, 3.8) is 0 Å². The van der Waals surface area contributed by atoms with E-state index in [2.05, 4.69) is 25.1 Å². The van der Waals surface area contributed by atoms with Gasteiger partial charge in [-0.25, -0.2) is 0 Å². The average molecular weight is 246 g/mol. The van der Waals surface area contributed by atoms with Crippen LogP contribution in [0.1, 0.15) is 69.1 Å². The maximum absolute atomic E-state index is 10.6. The highest BCUT2D eigenvalue weighted by atomic mass is 16.3. The maximum Gasteiger partial charge on any atom is 0.0868 e. The van der Waals surface area contributed by atoms with Crippen molar-refractivity contribution in [3.8, 4) is 0 Å². The van der Waals surface area contributed by atoms with Crippen LogP contribution in [0.15, 0.2) is 18.2 Å². The molecule has 1 heteroatoms. The van der Waals surface area contributed by atoms with Crippen LogP contribution in [0.25, 0.3) is 0 Å². The lowest BCUT2D eigenvalue weighted by Crippen LogP contribution is -2.21. The maximum atomic E-state index is 10.6. The van der Waals surface area contributed by atoms with Gasteiger partial charge in [-0.1, -0.05) is 44.4 Å². The number of benzene rings is 1. The third kappa shape index (κ3) is 3.14. The van der Waals surface area contributed by atoms with Gasteiger partial charge < -0.3 is 5.11 Å². The molecule has 1 unspecified atom stereocenters. The van der Waals surface area contributed by atoms with E-state index in [-0.39, 0.29) is 0 Å². The molecule has 18 heavy (non-hydrogen) atoms. The Morgan fingerprint density at radius 1 is 1.11 bits per heavy atom. The van der Waals surface area contributed by atoms with Crippen LogP contribution in [0.5, 0.6) is 0 Å². The number of unbranched alkanes of at least 4 members (excludes halogenated alkanes) is 2. The van der Waals surface area contributed by atoms with Gasteiger partial charge in [0.25, 0.3) is 0 Å². The Bertz CT molecular complexity index is 393. The SMILES string of the molecule is CCCCCC(C)(O)c1ccc2c(c1)CCCC2. The van der Waals surface area contributed by atoms with Gasteiger partial charge in [-0.3, -0.25) is 0 Å². The predicted molar refractivity (Wildman–Crippen MR) is 76.8 cm³/mol. The molecule has 1 aromatic carbocycles. The standard InChI is InChI=1S/C17H26O/c1-3-4-7-12-17(2,18)16-11-10-14-8-5-6-9-15(14)13-16/h10-11,13,18H,3-9,12H2,1-2H3. The van der Waals surface area contributed by atoms with Gasteiger partial charge in [0.2, 0.25) is 0 Å². The minimum absolute atomic E-state index is 0.651. The van der Waals surface area contributed by atoms with E-state index in [0.717, 1.165) is 18.4 Å². The van der Waals surface area contributed by atoms with Gasteiger partial charge in [0.15, 0.2) is 0 Å². The monoisotopic (exact) mass is 246 g/mol. The molecule has 0 aliphatic heterocycles. The minimum atomic E-state index is -0.651. The highest BCUT2D eigenvalue weighted by Crippen LogP contribution is 2.30. The van der Waals surface area contributed by atoms with Gasteiger partial charge in [-0.05, 0) is 55.7 Å². The van der Waals surface area contributed by atoms with E-state index in [1.165, 1.54) is 49.7 Å². The molecule has 1 aliphatic carbocycles. The van der Waals surface area contributed by atoms with Crippen LogP contribution >= 0.6 is 0 Å². The smallest absolute Gasteiger partial charge is 0.0868 e. The summed E-state index contributed by atoms with van der Waals surface area (Å²) in [6.45, 7) is 4.17. The molecule has 0 amide bonds. The van der Waals surface area contributed by atoms with Crippen molar-refractivity contribution in [2.75, 3.05) is 0 Å². The first-order valence-corrected chi connectivity index (χ1v) is 7.48. The molecule has 0 saturated carbocycles. The molecule has 0 radical (unpaired) electrons. The van der Waals surface area contributed by atoms with E-state index in [1.807, 2.05) is 6.92 Å². The summed E-state index contributed by atoms with van der Waals surface area (Å²) < 4.78 is 0. The van der Waals surface area contributed by atoms with Crippen molar-refractivity contribution in [2.24, 2.45) is 0 Å². The summed E-state index contributed by atoms with van der Waals surface area (Å²) in [7, 11) is 0. The Balaban J connectivity index is 2.11. The van der Waals surface area contributed by atoms with Crippen LogP contribution in [0.2, 0.25) is 0 Å². The largest absolute Gasteiger partial charge is 0.385 e. The number of rotatable bonds is 5. The van der Waals surface area contributed by atoms with Crippen LogP contribution < -0.4 is 0 Å². The second-order valence-electron chi connectivity index (χ2n) is 5.92. The lowest BCUT2D eigenvalue weighted by atomic mass is 9.84. The van der Waals surface area contributed by atoms with Gasteiger partial charge in [0.1, 0.15) is 0 Å². The summed E-state index contributed by atoms with van der Waals surface area (Å²) in [4.78, 5) is 0. The molecule has 0 fully saturated rings. The first kappa shape index (κ1) is 13.6. The molecule has 0 spiro atoms. The van der Waals surface area contributed by atoms with Crippen LogP contribution in [0, 0.1) is 0 Å². The zero-order chi connectivity index (χ0) is 13.0. The minimum Gasteiger partial charge on any atom is -0.385 e. The van der Waals surface area contributed by atoms with Crippen LogP contribution in [0.3, 0.4) is 0 Å². The topological polar surface area (TPSA) is 20.2 Å². The van der Waals surface area contributed by atoms with Gasteiger partial charge in [0.05, 0.1) is 5.60 Å². The molecule has 0 aromatic heterocycles. The van der Waals surface area contributed by atoms with Crippen LogP contribution in [-0.2, 0) is 18.4 Å². The molecular formula is C17H26O. The number of hydrogen-bond donors (Lipinski definition) is 1. The highest BCUT2D eigenvalue weighted by molar-refractivity contribution is 5.36. The van der Waals surface area contributed by atoms with Crippen LogP contribution in [-0.4, -0.2) is 5.11 Å². The lowest BCUT2D eigenvalue weighted by Gasteiger charge is -2.26. The van der Waals surface area contributed by atoms with Gasteiger partial charge >= 0.3 is 0 Å². The second kappa shape index (κ2) is 5.88. The van der Waals surface area contributed by atoms with Crippen molar-refractivity contribution in [1.82, 2.24) is 0 Å². The first-order valence-electron chi connectivity index (χ1n) is 7.48. The fourth-order valence-electron chi connectivity index (χ4n) is 2.93. The van der Waals surface area contributed by atoms with Gasteiger partial charge in [0, 0.05) is 0 Å².